The number of unbranched alkanes of at least 4 members (excludes halogenated alkanes) is 9. The van der Waals surface area contributed by atoms with Crippen LogP contribution in [-0.2, 0) is 42.0 Å². The predicted octanol–water partition coefficient (Wildman–Crippen LogP) is 8.51. The van der Waals surface area contributed by atoms with Crippen molar-refractivity contribution < 1.29 is 51.8 Å². The van der Waals surface area contributed by atoms with E-state index in [2.05, 4.69) is 20.9 Å². The second kappa shape index (κ2) is 26.7. The van der Waals surface area contributed by atoms with E-state index in [0.717, 1.165) is 96.2 Å². The van der Waals surface area contributed by atoms with Gasteiger partial charge in [0.25, 0.3) is 11.8 Å². The first-order valence-electron chi connectivity index (χ1n) is 26.5. The number of β-amino-alcohol motifs (C(OH)–C–C–N with tert-alkyl or cyclic N) is 1. The molecule has 6 rings (SSSR count). The van der Waals surface area contributed by atoms with E-state index in [1.165, 1.54) is 18.9 Å². The number of nitrogens with zero attached hydrogens (tertiary/aromatic N) is 3. The highest BCUT2D eigenvalue weighted by molar-refractivity contribution is 7.90. The number of aliphatic hydroxyl groups is 1. The summed E-state index contributed by atoms with van der Waals surface area (Å²) in [6.45, 7) is 11.3. The fraction of sp³-hybridized carbons (Fsp3) is 0.526. The van der Waals surface area contributed by atoms with Crippen LogP contribution >= 0.6 is 11.3 Å². The van der Waals surface area contributed by atoms with Gasteiger partial charge in [0.2, 0.25) is 23.6 Å². The molecular weight excluding hydrogens is 1010 g/mol. The van der Waals surface area contributed by atoms with Crippen LogP contribution in [0.1, 0.15) is 161 Å². The first kappa shape index (κ1) is 59.1. The summed E-state index contributed by atoms with van der Waals surface area (Å²) in [6, 6.07) is 13.2. The molecule has 0 bridgehead atoms. The zero-order valence-electron chi connectivity index (χ0n) is 45.3. The van der Waals surface area contributed by atoms with Crippen LogP contribution in [0.25, 0.3) is 10.4 Å². The SMILES string of the molecule is CCOc1cc([C@@H](CS(C)(=O)=O)N2C(=O)c3cc(CCCCCCCCCCCCC(=O)N[C@H](C(=O)N4C[C@H](O)C[C@H]4C(=O)NCc4ccc(-c5scnc5C)cc4)C(C)(C)C)cc(NC(C)=O)c3C2=O)ccc1OC. The number of likely N-dealkylation sites (tertiary alicyclic amines) is 1. The van der Waals surface area contributed by atoms with Gasteiger partial charge in [-0.2, -0.15) is 0 Å². The van der Waals surface area contributed by atoms with Crippen LogP contribution in [0.15, 0.2) is 60.1 Å². The molecule has 2 aliphatic heterocycles. The topological polar surface area (TPSA) is 231 Å². The third-order valence-corrected chi connectivity index (χ3v) is 15.8. The molecule has 0 aliphatic carbocycles. The number of thiazole rings is 1. The van der Waals surface area contributed by atoms with Crippen molar-refractivity contribution in [2.75, 3.05) is 37.6 Å². The number of nitrogens with one attached hydrogen (secondary N) is 3. The fourth-order valence-electron chi connectivity index (χ4n) is 9.98. The Kier molecular flexibility index (Phi) is 20.8. The van der Waals surface area contributed by atoms with Gasteiger partial charge in [-0.15, -0.1) is 11.3 Å². The van der Waals surface area contributed by atoms with E-state index in [1.807, 2.05) is 57.5 Å². The van der Waals surface area contributed by atoms with E-state index < -0.39 is 63.0 Å². The Hall–Kier alpha value is -6.18. The second-order valence-corrected chi connectivity index (χ2v) is 24.2. The molecule has 3 heterocycles. The summed E-state index contributed by atoms with van der Waals surface area (Å²) in [5.74, 6) is -2.48. The van der Waals surface area contributed by atoms with Crippen LogP contribution in [0.4, 0.5) is 5.69 Å². The average molecular weight is 1090 g/mol. The van der Waals surface area contributed by atoms with Crippen molar-refractivity contribution in [1.82, 2.24) is 25.4 Å². The summed E-state index contributed by atoms with van der Waals surface area (Å²) in [6.07, 6.45) is 10.7. The molecule has 3 aromatic carbocycles. The second-order valence-electron chi connectivity index (χ2n) is 21.2. The van der Waals surface area contributed by atoms with E-state index in [0.29, 0.717) is 36.5 Å². The van der Waals surface area contributed by atoms with Gasteiger partial charge in [0, 0.05) is 39.1 Å². The first-order chi connectivity index (χ1) is 36.1. The van der Waals surface area contributed by atoms with Crippen LogP contribution in [0.5, 0.6) is 11.5 Å². The summed E-state index contributed by atoms with van der Waals surface area (Å²) in [7, 11) is -2.23. The smallest absolute Gasteiger partial charge is 0.264 e. The zero-order chi connectivity index (χ0) is 55.3. The maximum atomic E-state index is 14.2. The van der Waals surface area contributed by atoms with Crippen LogP contribution in [0, 0.1) is 12.3 Å². The number of hydrogen-bond donors (Lipinski definition) is 4. The largest absolute Gasteiger partial charge is 0.493 e. The Morgan fingerprint density at radius 2 is 1.54 bits per heavy atom. The normalized spacial score (nSPS) is 16.3. The summed E-state index contributed by atoms with van der Waals surface area (Å²) in [4.78, 5) is 89.2. The number of aromatic nitrogens is 1. The molecule has 0 radical (unpaired) electrons. The number of imide groups is 1. The highest BCUT2D eigenvalue weighted by Crippen LogP contribution is 2.40. The van der Waals surface area contributed by atoms with Gasteiger partial charge in [0.1, 0.15) is 21.9 Å². The maximum absolute atomic E-state index is 14.2. The Morgan fingerprint density at radius 3 is 2.13 bits per heavy atom. The minimum Gasteiger partial charge on any atom is -0.493 e. The molecule has 0 unspecified atom stereocenters. The Labute approximate surface area is 451 Å². The van der Waals surface area contributed by atoms with Crippen molar-refractivity contribution in [1.29, 1.82) is 0 Å². The van der Waals surface area contributed by atoms with Gasteiger partial charge in [-0.05, 0) is 85.0 Å². The van der Waals surface area contributed by atoms with Gasteiger partial charge in [-0.25, -0.2) is 13.4 Å². The Balaban J connectivity index is 0.911. The molecule has 1 fully saturated rings. The lowest BCUT2D eigenvalue weighted by Crippen LogP contribution is -2.57. The molecule has 412 valence electrons. The first-order valence-corrected chi connectivity index (χ1v) is 29.4. The monoisotopic (exact) mass is 1080 g/mol. The van der Waals surface area contributed by atoms with E-state index in [4.69, 9.17) is 9.47 Å². The predicted molar refractivity (Wildman–Crippen MR) is 294 cm³/mol. The van der Waals surface area contributed by atoms with Crippen molar-refractivity contribution in [3.63, 3.8) is 0 Å². The number of benzene rings is 3. The summed E-state index contributed by atoms with van der Waals surface area (Å²) < 4.78 is 36.6. The average Bonchev–Trinajstić information content (AvgIpc) is 4.05. The molecule has 4 N–H and O–H groups in total. The number of sulfone groups is 1. The van der Waals surface area contributed by atoms with Gasteiger partial charge >= 0.3 is 0 Å². The molecule has 1 aromatic heterocycles. The molecule has 0 saturated carbocycles. The molecule has 1 saturated heterocycles. The van der Waals surface area contributed by atoms with E-state index in [1.54, 1.807) is 48.6 Å². The van der Waals surface area contributed by atoms with Gasteiger partial charge < -0.3 is 35.4 Å². The lowest BCUT2D eigenvalue weighted by molar-refractivity contribution is -0.144. The molecule has 4 aromatic rings. The third kappa shape index (κ3) is 15.7. The minimum absolute atomic E-state index is 0.00975. The Bertz CT molecular complexity index is 2830. The number of hydrogen-bond acceptors (Lipinski definition) is 13. The van der Waals surface area contributed by atoms with Crippen LogP contribution in [0.3, 0.4) is 0 Å². The van der Waals surface area contributed by atoms with Crippen LogP contribution in [-0.4, -0.2) is 114 Å². The molecular formula is C57H76N6O11S2. The number of rotatable bonds is 27. The van der Waals surface area contributed by atoms with Crippen LogP contribution < -0.4 is 25.4 Å². The Morgan fingerprint density at radius 1 is 0.882 bits per heavy atom. The molecule has 17 nitrogen and oxygen atoms in total. The third-order valence-electron chi connectivity index (χ3n) is 13.9. The maximum Gasteiger partial charge on any atom is 0.264 e. The molecule has 0 spiro atoms. The molecule has 4 atom stereocenters. The molecule has 19 heteroatoms. The zero-order valence-corrected chi connectivity index (χ0v) is 46.9. The van der Waals surface area contributed by atoms with Gasteiger partial charge in [-0.1, -0.05) is 102 Å². The van der Waals surface area contributed by atoms with E-state index in [9.17, 15) is 42.3 Å². The highest BCUT2D eigenvalue weighted by Gasteiger charge is 2.46. The van der Waals surface area contributed by atoms with Crippen molar-refractivity contribution in [2.24, 2.45) is 5.41 Å². The quantitative estimate of drug-likeness (QED) is 0.0325. The summed E-state index contributed by atoms with van der Waals surface area (Å²) in [5.41, 5.74) is 5.58. The number of fused-ring (bicyclic) bond motifs is 1. The van der Waals surface area contributed by atoms with Crippen molar-refractivity contribution in [2.45, 2.75) is 156 Å². The van der Waals surface area contributed by atoms with Gasteiger partial charge in [-0.3, -0.25) is 33.7 Å². The number of anilines is 1. The number of aliphatic hydroxyl groups excluding tert-OH is 1. The van der Waals surface area contributed by atoms with Crippen LogP contribution in [0.2, 0.25) is 0 Å². The number of amides is 6. The van der Waals surface area contributed by atoms with Crippen molar-refractivity contribution in [3.05, 3.63) is 93.6 Å². The fourth-order valence-corrected chi connectivity index (χ4v) is 11.7. The lowest BCUT2D eigenvalue weighted by atomic mass is 9.85. The standard InChI is InChI=1S/C57H76N6O11S2/c1-9-74-48-30-41(26-27-47(48)73-7)46(34-76(8,71)72)63-54(68)43-28-39(29-44(60-37(3)64)50(43)55(63)69)20-18-16-14-12-10-11-13-15-17-19-21-49(66)61-52(57(4,5)6)56(70)62-33-42(65)31-45(62)53(67)58-32-38-22-24-40(25-23-38)51-36(2)59-35-75-51/h22-30,35,42,45-46,52,65H,9-21,31-34H2,1-8H3,(H,58,67)(H,60,64)(H,61,66)/t42-,45+,46-,52-/m1/s1. The lowest BCUT2D eigenvalue weighted by Gasteiger charge is -2.35. The summed E-state index contributed by atoms with van der Waals surface area (Å²) in [5, 5.41) is 19.3. The summed E-state index contributed by atoms with van der Waals surface area (Å²) >= 11 is 1.57. The molecule has 76 heavy (non-hydrogen) atoms. The number of methoxy groups -OCH3 is 1. The van der Waals surface area contributed by atoms with E-state index in [-0.39, 0.29) is 60.5 Å². The van der Waals surface area contributed by atoms with Crippen molar-refractivity contribution >= 4 is 62.3 Å². The molecule has 6 amide bonds. The highest BCUT2D eigenvalue weighted by atomic mass is 32.2. The van der Waals surface area contributed by atoms with E-state index >= 15 is 0 Å². The number of aryl methyl sites for hydroxylation is 2. The number of ether oxygens (including phenoxy) is 2. The van der Waals surface area contributed by atoms with Gasteiger partial charge in [0.05, 0.1) is 64.5 Å². The van der Waals surface area contributed by atoms with Crippen molar-refractivity contribution in [3.8, 4) is 21.9 Å². The number of carbonyl (C=O) groups is 6. The minimum atomic E-state index is -3.70. The molecule has 2 aliphatic rings. The number of carbonyl (C=O) groups excluding carboxylic acids is 6. The van der Waals surface area contributed by atoms with Gasteiger partial charge in [0.15, 0.2) is 11.5 Å².